The van der Waals surface area contributed by atoms with E-state index in [1.165, 1.54) is 5.56 Å². The molecule has 0 radical (unpaired) electrons. The van der Waals surface area contributed by atoms with Gasteiger partial charge in [0.05, 0.1) is 0 Å². The molecule has 0 amide bonds. The van der Waals surface area contributed by atoms with Gasteiger partial charge in [0.15, 0.2) is 6.04 Å². The number of benzene rings is 2. The average Bonchev–Trinajstić information content (AvgIpc) is 2.46. The summed E-state index contributed by atoms with van der Waals surface area (Å²) >= 11 is 0. The highest BCUT2D eigenvalue weighted by Crippen LogP contribution is 2.17. The summed E-state index contributed by atoms with van der Waals surface area (Å²) in [7, 11) is 0. The molecule has 2 rings (SSSR count). The number of hydrogen-bond donors (Lipinski definition) is 1. The van der Waals surface area contributed by atoms with E-state index < -0.39 is 12.0 Å². The molecule has 0 aromatic heterocycles. The van der Waals surface area contributed by atoms with Gasteiger partial charge in [0, 0.05) is 5.56 Å². The number of aryl methyl sites for hydroxylation is 1. The standard InChI is InChI=1S/C16H17NO3/c1-11-2-4-12(5-3-11)10-20-14-8-6-13(7-9-14)15(17)16(18)19/h2-9,15H,10,17H2,1H3,(H,18,19)/t15-/m1/s1. The minimum absolute atomic E-state index is 0.480. The largest absolute Gasteiger partial charge is 0.544 e. The molecule has 0 aliphatic carbocycles. The van der Waals surface area contributed by atoms with E-state index in [-0.39, 0.29) is 0 Å². The molecule has 0 saturated heterocycles. The van der Waals surface area contributed by atoms with Gasteiger partial charge in [0.1, 0.15) is 18.3 Å². The molecule has 3 N–H and O–H groups in total. The lowest BCUT2D eigenvalue weighted by atomic mass is 10.1. The Balaban J connectivity index is 1.97. The predicted octanol–water partition coefficient (Wildman–Crippen LogP) is 0.607. The predicted molar refractivity (Wildman–Crippen MR) is 72.6 cm³/mol. The molecule has 0 bridgehead atoms. The summed E-state index contributed by atoms with van der Waals surface area (Å²) in [6.07, 6.45) is 0. The van der Waals surface area contributed by atoms with Gasteiger partial charge in [0.25, 0.3) is 0 Å². The molecule has 20 heavy (non-hydrogen) atoms. The van der Waals surface area contributed by atoms with Crippen molar-refractivity contribution in [3.63, 3.8) is 0 Å². The Morgan fingerprint density at radius 1 is 1.15 bits per heavy atom. The second-order valence-corrected chi connectivity index (χ2v) is 4.71. The Bertz CT molecular complexity index is 576. The molecule has 2 aromatic carbocycles. The maximum absolute atomic E-state index is 10.7. The molecule has 0 aliphatic rings. The lowest BCUT2D eigenvalue weighted by Gasteiger charge is -2.11. The number of carboxylic acids is 1. The Hall–Kier alpha value is -2.33. The molecular formula is C16H17NO3. The van der Waals surface area contributed by atoms with Gasteiger partial charge in [-0.25, -0.2) is 0 Å². The number of quaternary nitrogens is 1. The smallest absolute Gasteiger partial charge is 0.150 e. The molecule has 0 unspecified atom stereocenters. The topological polar surface area (TPSA) is 77.0 Å². The highest BCUT2D eigenvalue weighted by atomic mass is 16.5. The number of rotatable bonds is 5. The summed E-state index contributed by atoms with van der Waals surface area (Å²) in [5.74, 6) is -0.488. The van der Waals surface area contributed by atoms with E-state index in [2.05, 4.69) is 5.73 Å². The molecular weight excluding hydrogens is 254 g/mol. The Morgan fingerprint density at radius 2 is 1.75 bits per heavy atom. The van der Waals surface area contributed by atoms with E-state index in [4.69, 9.17) is 4.74 Å². The quantitative estimate of drug-likeness (QED) is 0.865. The second kappa shape index (κ2) is 6.21. The van der Waals surface area contributed by atoms with Gasteiger partial charge in [-0.15, -0.1) is 0 Å². The molecule has 0 saturated carbocycles. The molecule has 104 valence electrons. The molecule has 4 heteroatoms. The van der Waals surface area contributed by atoms with Crippen molar-refractivity contribution in [2.75, 3.05) is 0 Å². The molecule has 4 nitrogen and oxygen atoms in total. The highest BCUT2D eigenvalue weighted by Gasteiger charge is 2.10. The zero-order chi connectivity index (χ0) is 14.5. The van der Waals surface area contributed by atoms with Crippen molar-refractivity contribution in [2.24, 2.45) is 0 Å². The molecule has 0 aliphatic heterocycles. The lowest BCUT2D eigenvalue weighted by molar-refractivity contribution is -0.443. The fourth-order valence-electron chi connectivity index (χ4n) is 1.78. The Labute approximate surface area is 117 Å². The van der Waals surface area contributed by atoms with Crippen molar-refractivity contribution in [1.29, 1.82) is 0 Å². The highest BCUT2D eigenvalue weighted by molar-refractivity contribution is 5.71. The third-order valence-corrected chi connectivity index (χ3v) is 3.09. The Morgan fingerprint density at radius 3 is 2.30 bits per heavy atom. The van der Waals surface area contributed by atoms with Crippen LogP contribution >= 0.6 is 0 Å². The van der Waals surface area contributed by atoms with Gasteiger partial charge >= 0.3 is 0 Å². The van der Waals surface area contributed by atoms with Gasteiger partial charge in [-0.05, 0) is 36.8 Å². The van der Waals surface area contributed by atoms with Gasteiger partial charge in [-0.3, -0.25) is 0 Å². The summed E-state index contributed by atoms with van der Waals surface area (Å²) in [5.41, 5.74) is 6.44. The van der Waals surface area contributed by atoms with Gasteiger partial charge < -0.3 is 20.4 Å². The summed E-state index contributed by atoms with van der Waals surface area (Å²) in [4.78, 5) is 10.7. The Kier molecular flexibility index (Phi) is 4.38. The number of ether oxygens (including phenoxy) is 1. The number of carbonyl (C=O) groups is 1. The van der Waals surface area contributed by atoms with Crippen LogP contribution in [0.4, 0.5) is 0 Å². The summed E-state index contributed by atoms with van der Waals surface area (Å²) < 4.78 is 5.64. The van der Waals surface area contributed by atoms with E-state index in [1.54, 1.807) is 24.3 Å². The van der Waals surface area contributed by atoms with Crippen LogP contribution in [0.25, 0.3) is 0 Å². The minimum Gasteiger partial charge on any atom is -0.544 e. The van der Waals surface area contributed by atoms with E-state index in [9.17, 15) is 9.90 Å². The van der Waals surface area contributed by atoms with Crippen molar-refractivity contribution in [3.05, 3.63) is 65.2 Å². The zero-order valence-corrected chi connectivity index (χ0v) is 11.3. The number of carbonyl (C=O) groups excluding carboxylic acids is 1. The van der Waals surface area contributed by atoms with E-state index in [0.717, 1.165) is 5.56 Å². The lowest BCUT2D eigenvalue weighted by Crippen LogP contribution is -2.60. The summed E-state index contributed by atoms with van der Waals surface area (Å²) in [6.45, 7) is 2.52. The summed E-state index contributed by atoms with van der Waals surface area (Å²) in [5, 5.41) is 10.7. The van der Waals surface area contributed by atoms with Crippen LogP contribution in [0.1, 0.15) is 22.7 Å². The summed E-state index contributed by atoms with van der Waals surface area (Å²) in [6, 6.07) is 14.1. The van der Waals surface area contributed by atoms with Crippen LogP contribution in [-0.4, -0.2) is 5.97 Å². The first-order valence-electron chi connectivity index (χ1n) is 6.38. The molecule has 2 aromatic rings. The monoisotopic (exact) mass is 271 g/mol. The van der Waals surface area contributed by atoms with Gasteiger partial charge in [-0.2, -0.15) is 0 Å². The first kappa shape index (κ1) is 14.1. The fourth-order valence-corrected chi connectivity index (χ4v) is 1.78. The van der Waals surface area contributed by atoms with Crippen molar-refractivity contribution in [3.8, 4) is 5.75 Å². The second-order valence-electron chi connectivity index (χ2n) is 4.71. The minimum atomic E-state index is -1.18. The number of carboxylic acid groups (broad SMARTS) is 1. The number of aliphatic carboxylic acids is 1. The van der Waals surface area contributed by atoms with Crippen molar-refractivity contribution in [2.45, 2.75) is 19.6 Å². The molecule has 1 atom stereocenters. The molecule has 0 fully saturated rings. The van der Waals surface area contributed by atoms with Gasteiger partial charge in [0.2, 0.25) is 0 Å². The van der Waals surface area contributed by atoms with Crippen LogP contribution in [0.2, 0.25) is 0 Å². The van der Waals surface area contributed by atoms with E-state index in [0.29, 0.717) is 17.9 Å². The maximum atomic E-state index is 10.7. The van der Waals surface area contributed by atoms with E-state index >= 15 is 0 Å². The molecule has 0 heterocycles. The third kappa shape index (κ3) is 3.59. The first-order chi connectivity index (χ1) is 9.56. The average molecular weight is 271 g/mol. The SMILES string of the molecule is Cc1ccc(COc2ccc([C@@H]([NH3+])C(=O)[O-])cc2)cc1. The first-order valence-corrected chi connectivity index (χ1v) is 6.38. The molecule has 0 spiro atoms. The van der Waals surface area contributed by atoms with Crippen LogP contribution < -0.4 is 15.6 Å². The van der Waals surface area contributed by atoms with Crippen LogP contribution in [0, 0.1) is 6.92 Å². The van der Waals surface area contributed by atoms with Crippen LogP contribution in [0.5, 0.6) is 5.75 Å². The third-order valence-electron chi connectivity index (χ3n) is 3.09. The number of hydrogen-bond acceptors (Lipinski definition) is 3. The van der Waals surface area contributed by atoms with Crippen LogP contribution in [0.3, 0.4) is 0 Å². The van der Waals surface area contributed by atoms with E-state index in [1.807, 2.05) is 31.2 Å². The van der Waals surface area contributed by atoms with Crippen molar-refractivity contribution < 1.29 is 20.4 Å². The normalized spacial score (nSPS) is 11.9. The van der Waals surface area contributed by atoms with Gasteiger partial charge in [-0.1, -0.05) is 29.8 Å². The van der Waals surface area contributed by atoms with Crippen molar-refractivity contribution in [1.82, 2.24) is 0 Å². The fraction of sp³-hybridized carbons (Fsp3) is 0.188. The maximum Gasteiger partial charge on any atom is 0.150 e. The zero-order valence-electron chi connectivity index (χ0n) is 11.3. The van der Waals surface area contributed by atoms with Crippen LogP contribution in [0.15, 0.2) is 48.5 Å². The van der Waals surface area contributed by atoms with Crippen LogP contribution in [-0.2, 0) is 11.4 Å². The van der Waals surface area contributed by atoms with Crippen molar-refractivity contribution >= 4 is 5.97 Å².